The Morgan fingerprint density at radius 3 is 2.74 bits per heavy atom. The third-order valence-electron chi connectivity index (χ3n) is 3.01. The Balaban J connectivity index is 1.70. The molecule has 112 valence electrons. The molecule has 3 N–H and O–H groups in total. The second kappa shape index (κ2) is 6.68. The minimum atomic E-state index is 0.477. The minimum absolute atomic E-state index is 0.477. The molecule has 0 fully saturated rings. The zero-order valence-electron chi connectivity index (χ0n) is 12.0. The molecule has 0 atom stereocenters. The number of nitriles is 1. The second-order valence-electron chi connectivity index (χ2n) is 4.64. The van der Waals surface area contributed by atoms with Gasteiger partial charge in [0.25, 0.3) is 0 Å². The minimum Gasteiger partial charge on any atom is -0.383 e. The number of hydrazone groups is 1. The van der Waals surface area contributed by atoms with Crippen LogP contribution in [0, 0.1) is 11.3 Å². The molecule has 6 nitrogen and oxygen atoms in total. The highest BCUT2D eigenvalue weighted by Gasteiger charge is 2.00. The summed E-state index contributed by atoms with van der Waals surface area (Å²) >= 11 is 1.39. The van der Waals surface area contributed by atoms with Gasteiger partial charge in [0.05, 0.1) is 11.8 Å². The monoisotopic (exact) mass is 320 g/mol. The first-order valence-corrected chi connectivity index (χ1v) is 7.58. The Morgan fingerprint density at radius 1 is 1.22 bits per heavy atom. The van der Waals surface area contributed by atoms with Gasteiger partial charge in [-0.15, -0.1) is 11.3 Å². The number of pyridine rings is 1. The average Bonchev–Trinajstić information content (AvgIpc) is 3.01. The predicted octanol–water partition coefficient (Wildman–Crippen LogP) is 3.10. The number of hydrogen-bond acceptors (Lipinski definition) is 7. The van der Waals surface area contributed by atoms with Crippen LogP contribution in [0.4, 0.5) is 10.9 Å². The lowest BCUT2D eigenvalue weighted by Crippen LogP contribution is -1.91. The van der Waals surface area contributed by atoms with Crippen molar-refractivity contribution in [2.75, 3.05) is 11.2 Å². The number of nitrogens with one attached hydrogen (secondary N) is 1. The molecule has 0 aliphatic heterocycles. The van der Waals surface area contributed by atoms with Crippen LogP contribution in [0.3, 0.4) is 0 Å². The molecule has 0 unspecified atom stereocenters. The van der Waals surface area contributed by atoms with E-state index in [9.17, 15) is 0 Å². The van der Waals surface area contributed by atoms with Gasteiger partial charge in [0.2, 0.25) is 5.13 Å². The fourth-order valence-electron chi connectivity index (χ4n) is 1.92. The summed E-state index contributed by atoms with van der Waals surface area (Å²) in [5.41, 5.74) is 11.7. The van der Waals surface area contributed by atoms with Crippen molar-refractivity contribution in [3.63, 3.8) is 0 Å². The normalized spacial score (nSPS) is 10.6. The van der Waals surface area contributed by atoms with Crippen LogP contribution in [0.5, 0.6) is 0 Å². The molecule has 2 heterocycles. The molecule has 0 amide bonds. The number of rotatable bonds is 4. The summed E-state index contributed by atoms with van der Waals surface area (Å²) in [6.45, 7) is 0. The molecule has 3 rings (SSSR count). The quantitative estimate of drug-likeness (QED) is 0.568. The van der Waals surface area contributed by atoms with E-state index in [0.29, 0.717) is 16.5 Å². The Kier molecular flexibility index (Phi) is 4.27. The van der Waals surface area contributed by atoms with E-state index >= 15 is 0 Å². The summed E-state index contributed by atoms with van der Waals surface area (Å²) in [6, 6.07) is 11.7. The van der Waals surface area contributed by atoms with Gasteiger partial charge in [-0.05, 0) is 17.2 Å². The van der Waals surface area contributed by atoms with Crippen LogP contribution in [0.2, 0.25) is 0 Å². The summed E-state index contributed by atoms with van der Waals surface area (Å²) in [5, 5.41) is 15.4. The summed E-state index contributed by atoms with van der Waals surface area (Å²) in [4.78, 5) is 8.11. The highest BCUT2D eigenvalue weighted by atomic mass is 32.1. The van der Waals surface area contributed by atoms with Gasteiger partial charge in [-0.3, -0.25) is 10.4 Å². The molecule has 3 aromatic rings. The van der Waals surface area contributed by atoms with Crippen molar-refractivity contribution in [2.24, 2.45) is 5.10 Å². The van der Waals surface area contributed by atoms with Gasteiger partial charge in [-0.25, -0.2) is 4.98 Å². The molecule has 23 heavy (non-hydrogen) atoms. The molecule has 0 saturated carbocycles. The molecule has 0 bridgehead atoms. The molecular weight excluding hydrogens is 308 g/mol. The van der Waals surface area contributed by atoms with E-state index in [2.05, 4.69) is 26.6 Å². The van der Waals surface area contributed by atoms with Crippen molar-refractivity contribution < 1.29 is 0 Å². The smallest absolute Gasteiger partial charge is 0.205 e. The van der Waals surface area contributed by atoms with Crippen LogP contribution in [0.25, 0.3) is 11.1 Å². The average molecular weight is 320 g/mol. The number of nitrogens with two attached hydrogens (primary N) is 1. The van der Waals surface area contributed by atoms with Crippen LogP contribution >= 0.6 is 11.3 Å². The van der Waals surface area contributed by atoms with Crippen LogP contribution in [0.15, 0.2) is 53.2 Å². The lowest BCUT2D eigenvalue weighted by atomic mass is 10.0. The van der Waals surface area contributed by atoms with E-state index in [-0.39, 0.29) is 0 Å². The number of thiazole rings is 1. The maximum atomic E-state index is 8.92. The van der Waals surface area contributed by atoms with E-state index < -0.39 is 0 Å². The standard InChI is InChI=1S/C16H12N6S/c17-6-12-5-14(9-19-7-12)13-3-1-11(2-4-13)8-20-22-16-21-15(18)10-23-16/h1-5,7-10H,18H2,(H,21,22). The van der Waals surface area contributed by atoms with Gasteiger partial charge in [0, 0.05) is 23.3 Å². The Morgan fingerprint density at radius 2 is 2.04 bits per heavy atom. The van der Waals surface area contributed by atoms with Crippen molar-refractivity contribution in [2.45, 2.75) is 0 Å². The highest BCUT2D eigenvalue weighted by Crippen LogP contribution is 2.19. The Bertz CT molecular complexity index is 876. The third kappa shape index (κ3) is 3.70. The summed E-state index contributed by atoms with van der Waals surface area (Å²) in [6.07, 6.45) is 4.98. The van der Waals surface area contributed by atoms with Gasteiger partial charge in [0.1, 0.15) is 11.9 Å². The second-order valence-corrected chi connectivity index (χ2v) is 5.50. The number of nitrogen functional groups attached to an aromatic ring is 1. The Labute approximate surface area is 137 Å². The molecule has 7 heteroatoms. The molecule has 0 radical (unpaired) electrons. The van der Waals surface area contributed by atoms with Crippen LogP contribution in [0.1, 0.15) is 11.1 Å². The first kappa shape index (κ1) is 14.7. The molecular formula is C16H12N6S. The maximum Gasteiger partial charge on any atom is 0.205 e. The van der Waals surface area contributed by atoms with Gasteiger partial charge >= 0.3 is 0 Å². The number of nitrogens with zero attached hydrogens (tertiary/aromatic N) is 4. The van der Waals surface area contributed by atoms with Gasteiger partial charge in [0.15, 0.2) is 0 Å². The summed E-state index contributed by atoms with van der Waals surface area (Å²) in [7, 11) is 0. The zero-order chi connectivity index (χ0) is 16.1. The largest absolute Gasteiger partial charge is 0.383 e. The molecule has 0 saturated heterocycles. The molecule has 2 aromatic heterocycles. The van der Waals surface area contributed by atoms with E-state index in [0.717, 1.165) is 16.7 Å². The van der Waals surface area contributed by atoms with E-state index in [1.54, 1.807) is 24.0 Å². The molecule has 0 aliphatic carbocycles. The lowest BCUT2D eigenvalue weighted by Gasteiger charge is -2.02. The molecule has 0 aliphatic rings. The molecule has 0 spiro atoms. The van der Waals surface area contributed by atoms with Crippen molar-refractivity contribution >= 4 is 28.5 Å². The number of hydrogen-bond donors (Lipinski definition) is 2. The summed E-state index contributed by atoms with van der Waals surface area (Å²) in [5.74, 6) is 0.477. The maximum absolute atomic E-state index is 8.92. The van der Waals surface area contributed by atoms with Crippen molar-refractivity contribution in [1.82, 2.24) is 9.97 Å². The first-order valence-electron chi connectivity index (χ1n) is 6.70. The van der Waals surface area contributed by atoms with E-state index in [1.165, 1.54) is 11.3 Å². The van der Waals surface area contributed by atoms with Crippen LogP contribution in [-0.2, 0) is 0 Å². The number of benzene rings is 1. The van der Waals surface area contributed by atoms with Gasteiger partial charge in [-0.2, -0.15) is 10.4 Å². The van der Waals surface area contributed by atoms with Gasteiger partial charge < -0.3 is 5.73 Å². The predicted molar refractivity (Wildman–Crippen MR) is 92.1 cm³/mol. The van der Waals surface area contributed by atoms with Crippen LogP contribution in [-0.4, -0.2) is 16.2 Å². The van der Waals surface area contributed by atoms with E-state index in [4.69, 9.17) is 11.0 Å². The lowest BCUT2D eigenvalue weighted by molar-refractivity contribution is 1.29. The zero-order valence-corrected chi connectivity index (χ0v) is 12.8. The first-order chi connectivity index (χ1) is 11.2. The number of aromatic nitrogens is 2. The highest BCUT2D eigenvalue weighted by molar-refractivity contribution is 7.14. The van der Waals surface area contributed by atoms with Gasteiger partial charge in [-0.1, -0.05) is 24.3 Å². The van der Waals surface area contributed by atoms with Crippen molar-refractivity contribution in [1.29, 1.82) is 5.26 Å². The third-order valence-corrected chi connectivity index (χ3v) is 3.77. The number of anilines is 2. The topological polar surface area (TPSA) is 100.0 Å². The van der Waals surface area contributed by atoms with Crippen molar-refractivity contribution in [3.8, 4) is 17.2 Å². The van der Waals surface area contributed by atoms with Crippen molar-refractivity contribution in [3.05, 3.63) is 59.2 Å². The molecule has 1 aromatic carbocycles. The SMILES string of the molecule is N#Cc1cncc(-c2ccc(C=NNc3nc(N)cs3)cc2)c1. The summed E-state index contributed by atoms with van der Waals surface area (Å²) < 4.78 is 0. The fraction of sp³-hybridized carbons (Fsp3) is 0. The fourth-order valence-corrected chi connectivity index (χ4v) is 2.47. The van der Waals surface area contributed by atoms with E-state index in [1.807, 2.05) is 30.3 Å². The Hall–Kier alpha value is -3.24. The van der Waals surface area contributed by atoms with Crippen LogP contribution < -0.4 is 11.2 Å².